The van der Waals surface area contributed by atoms with Gasteiger partial charge in [-0.15, -0.1) is 0 Å². The lowest BCUT2D eigenvalue weighted by molar-refractivity contribution is 0.765. The van der Waals surface area contributed by atoms with Crippen molar-refractivity contribution in [3.8, 4) is 0 Å². The molecule has 0 amide bonds. The summed E-state index contributed by atoms with van der Waals surface area (Å²) < 4.78 is 1.71. The molecule has 13 heavy (non-hydrogen) atoms. The van der Waals surface area contributed by atoms with E-state index in [1.807, 2.05) is 18.3 Å². The predicted molar refractivity (Wildman–Crippen MR) is 52.1 cm³/mol. The van der Waals surface area contributed by atoms with Crippen LogP contribution in [0.3, 0.4) is 0 Å². The van der Waals surface area contributed by atoms with Crippen LogP contribution in [-0.4, -0.2) is 14.6 Å². The molecule has 0 atom stereocenters. The highest BCUT2D eigenvalue weighted by molar-refractivity contribution is 6.33. The van der Waals surface area contributed by atoms with Crippen molar-refractivity contribution in [3.05, 3.63) is 29.2 Å². The van der Waals surface area contributed by atoms with Gasteiger partial charge in [-0.3, -0.25) is 0 Å². The molecule has 0 aliphatic heterocycles. The second-order valence-electron chi connectivity index (χ2n) is 3.25. The fourth-order valence-corrected chi connectivity index (χ4v) is 1.34. The van der Waals surface area contributed by atoms with Gasteiger partial charge >= 0.3 is 0 Å². The Morgan fingerprint density at radius 3 is 2.85 bits per heavy atom. The van der Waals surface area contributed by atoms with Crippen LogP contribution in [0.15, 0.2) is 18.3 Å². The molecule has 0 bridgehead atoms. The van der Waals surface area contributed by atoms with Gasteiger partial charge in [-0.25, -0.2) is 9.50 Å². The Kier molecular flexibility index (Phi) is 1.96. The Labute approximate surface area is 81.4 Å². The van der Waals surface area contributed by atoms with Crippen molar-refractivity contribution < 1.29 is 0 Å². The van der Waals surface area contributed by atoms with E-state index < -0.39 is 0 Å². The summed E-state index contributed by atoms with van der Waals surface area (Å²) in [6.07, 6.45) is 1.85. The number of nitrogens with zero attached hydrogens (tertiary/aromatic N) is 3. The Bertz CT molecular complexity index is 433. The number of hydrogen-bond acceptors (Lipinski definition) is 2. The second kappa shape index (κ2) is 3.00. The number of fused-ring (bicyclic) bond motifs is 1. The summed E-state index contributed by atoms with van der Waals surface area (Å²) >= 11 is 5.95. The van der Waals surface area contributed by atoms with Crippen molar-refractivity contribution in [1.82, 2.24) is 14.6 Å². The van der Waals surface area contributed by atoms with Crippen molar-refractivity contribution in [3.63, 3.8) is 0 Å². The zero-order chi connectivity index (χ0) is 9.42. The van der Waals surface area contributed by atoms with E-state index in [1.54, 1.807) is 4.52 Å². The van der Waals surface area contributed by atoms with Crippen LogP contribution >= 0.6 is 11.6 Å². The normalized spacial score (nSPS) is 11.4. The van der Waals surface area contributed by atoms with Crippen molar-refractivity contribution in [2.24, 2.45) is 0 Å². The van der Waals surface area contributed by atoms with Gasteiger partial charge in [-0.2, -0.15) is 5.10 Å². The summed E-state index contributed by atoms with van der Waals surface area (Å²) in [7, 11) is 0. The SMILES string of the molecule is CC(C)c1nc2c(Cl)cccn2n1. The molecule has 0 unspecified atom stereocenters. The molecule has 2 aromatic rings. The zero-order valence-electron chi connectivity index (χ0n) is 7.53. The molecule has 0 saturated heterocycles. The molecule has 0 radical (unpaired) electrons. The summed E-state index contributed by atoms with van der Waals surface area (Å²) in [6, 6.07) is 3.67. The quantitative estimate of drug-likeness (QED) is 0.700. The molecule has 2 aromatic heterocycles. The standard InChI is InChI=1S/C9H10ClN3/c1-6(2)8-11-9-7(10)4-3-5-13(9)12-8/h3-6H,1-2H3. The molecule has 0 aliphatic rings. The number of hydrogen-bond donors (Lipinski definition) is 0. The highest BCUT2D eigenvalue weighted by Gasteiger charge is 2.08. The van der Waals surface area contributed by atoms with Gasteiger partial charge in [0.2, 0.25) is 0 Å². The summed E-state index contributed by atoms with van der Waals surface area (Å²) in [5, 5.41) is 4.93. The maximum absolute atomic E-state index is 5.95. The third-order valence-electron chi connectivity index (χ3n) is 1.85. The van der Waals surface area contributed by atoms with Crippen LogP contribution in [-0.2, 0) is 0 Å². The van der Waals surface area contributed by atoms with E-state index in [1.165, 1.54) is 0 Å². The van der Waals surface area contributed by atoms with Gasteiger partial charge in [0.05, 0.1) is 5.02 Å². The molecule has 0 aromatic carbocycles. The Morgan fingerprint density at radius 2 is 2.23 bits per heavy atom. The van der Waals surface area contributed by atoms with Gasteiger partial charge < -0.3 is 0 Å². The molecule has 68 valence electrons. The first-order chi connectivity index (χ1) is 6.18. The van der Waals surface area contributed by atoms with E-state index >= 15 is 0 Å². The van der Waals surface area contributed by atoms with E-state index in [0.717, 1.165) is 11.5 Å². The maximum atomic E-state index is 5.95. The molecule has 0 fully saturated rings. The minimum Gasteiger partial charge on any atom is -0.219 e. The van der Waals surface area contributed by atoms with Crippen molar-refractivity contribution in [2.45, 2.75) is 19.8 Å². The zero-order valence-corrected chi connectivity index (χ0v) is 8.28. The molecule has 3 nitrogen and oxygen atoms in total. The highest BCUT2D eigenvalue weighted by atomic mass is 35.5. The third-order valence-corrected chi connectivity index (χ3v) is 2.14. The Balaban J connectivity index is 2.68. The Morgan fingerprint density at radius 1 is 1.46 bits per heavy atom. The largest absolute Gasteiger partial charge is 0.219 e. The lowest BCUT2D eigenvalue weighted by atomic mass is 10.2. The van der Waals surface area contributed by atoms with Crippen LogP contribution in [0, 0.1) is 0 Å². The van der Waals surface area contributed by atoms with E-state index in [0.29, 0.717) is 10.9 Å². The average Bonchev–Trinajstić information content (AvgIpc) is 2.49. The van der Waals surface area contributed by atoms with E-state index in [4.69, 9.17) is 11.6 Å². The minimum atomic E-state index is 0.330. The topological polar surface area (TPSA) is 30.2 Å². The summed E-state index contributed by atoms with van der Waals surface area (Å²) in [5.41, 5.74) is 0.730. The van der Waals surface area contributed by atoms with Crippen molar-refractivity contribution >= 4 is 17.2 Å². The highest BCUT2D eigenvalue weighted by Crippen LogP contribution is 2.17. The number of halogens is 1. The van der Waals surface area contributed by atoms with E-state index in [9.17, 15) is 0 Å². The third kappa shape index (κ3) is 1.40. The first kappa shape index (κ1) is 8.51. The van der Waals surface area contributed by atoms with E-state index in [-0.39, 0.29) is 0 Å². The number of pyridine rings is 1. The summed E-state index contributed by atoms with van der Waals surface area (Å²) in [5.74, 6) is 1.16. The fourth-order valence-electron chi connectivity index (χ4n) is 1.13. The van der Waals surface area contributed by atoms with Gasteiger partial charge in [-0.1, -0.05) is 25.4 Å². The fraction of sp³-hybridized carbons (Fsp3) is 0.333. The number of rotatable bonds is 1. The van der Waals surface area contributed by atoms with Crippen LogP contribution in [0.25, 0.3) is 5.65 Å². The average molecular weight is 196 g/mol. The molecule has 0 N–H and O–H groups in total. The first-order valence-corrected chi connectivity index (χ1v) is 4.57. The predicted octanol–water partition coefficient (Wildman–Crippen LogP) is 2.51. The number of aromatic nitrogens is 3. The minimum absolute atomic E-state index is 0.330. The second-order valence-corrected chi connectivity index (χ2v) is 3.66. The van der Waals surface area contributed by atoms with Crippen LogP contribution in [0.1, 0.15) is 25.6 Å². The molecule has 2 heterocycles. The lowest BCUT2D eigenvalue weighted by Crippen LogP contribution is -1.90. The molecule has 0 saturated carbocycles. The summed E-state index contributed by atoms with van der Waals surface area (Å²) in [6.45, 7) is 4.12. The summed E-state index contributed by atoms with van der Waals surface area (Å²) in [4.78, 5) is 4.33. The monoisotopic (exact) mass is 195 g/mol. The molecule has 2 rings (SSSR count). The van der Waals surface area contributed by atoms with Gasteiger partial charge in [0, 0.05) is 12.1 Å². The molecule has 0 aliphatic carbocycles. The molecule has 4 heteroatoms. The van der Waals surface area contributed by atoms with Gasteiger partial charge in [0.25, 0.3) is 0 Å². The van der Waals surface area contributed by atoms with Crippen LogP contribution in [0.5, 0.6) is 0 Å². The first-order valence-electron chi connectivity index (χ1n) is 4.19. The Hall–Kier alpha value is -1.09. The van der Waals surface area contributed by atoms with Crippen molar-refractivity contribution in [1.29, 1.82) is 0 Å². The molecular formula is C9H10ClN3. The molecular weight excluding hydrogens is 186 g/mol. The smallest absolute Gasteiger partial charge is 0.174 e. The van der Waals surface area contributed by atoms with Gasteiger partial charge in [-0.05, 0) is 12.1 Å². The maximum Gasteiger partial charge on any atom is 0.174 e. The molecule has 0 spiro atoms. The van der Waals surface area contributed by atoms with Crippen LogP contribution in [0.2, 0.25) is 5.02 Å². The van der Waals surface area contributed by atoms with Gasteiger partial charge in [0.15, 0.2) is 11.5 Å². The van der Waals surface area contributed by atoms with Gasteiger partial charge in [0.1, 0.15) is 0 Å². The van der Waals surface area contributed by atoms with Crippen LogP contribution < -0.4 is 0 Å². The lowest BCUT2D eigenvalue weighted by Gasteiger charge is -1.92. The van der Waals surface area contributed by atoms with Crippen LogP contribution in [0.4, 0.5) is 0 Å². The van der Waals surface area contributed by atoms with Crippen molar-refractivity contribution in [2.75, 3.05) is 0 Å². The van der Waals surface area contributed by atoms with E-state index in [2.05, 4.69) is 23.9 Å².